The Bertz CT molecular complexity index is 1130. The summed E-state index contributed by atoms with van der Waals surface area (Å²) in [5, 5.41) is 53.2. The Morgan fingerprint density at radius 1 is 1.22 bits per heavy atom. The molecule has 1 aromatic rings. The first-order valence-electron chi connectivity index (χ1n) is 10.1. The number of ketones is 2. The van der Waals surface area contributed by atoms with Crippen LogP contribution >= 0.6 is 0 Å². The third kappa shape index (κ3) is 2.66. The van der Waals surface area contributed by atoms with Crippen molar-refractivity contribution in [2.24, 2.45) is 17.6 Å². The third-order valence-electron chi connectivity index (χ3n) is 6.87. The molecule has 32 heavy (non-hydrogen) atoms. The largest absolute Gasteiger partial charge is 0.510 e. The molecule has 0 unspecified atom stereocenters. The Labute approximate surface area is 182 Å². The number of allylic oxidation sites excluding steroid dienone is 1. The highest BCUT2D eigenvalue weighted by Gasteiger charge is 2.63. The zero-order valence-corrected chi connectivity index (χ0v) is 17.5. The number of amides is 1. The molecule has 0 aromatic heterocycles. The molecule has 0 radical (unpaired) electrons. The molecule has 3 aliphatic rings. The molecule has 10 heteroatoms. The second kappa shape index (κ2) is 7.16. The van der Waals surface area contributed by atoms with Gasteiger partial charge in [0.15, 0.2) is 11.4 Å². The third-order valence-corrected chi connectivity index (χ3v) is 6.87. The number of benzene rings is 1. The van der Waals surface area contributed by atoms with Crippen LogP contribution in [0.5, 0.6) is 5.75 Å². The summed E-state index contributed by atoms with van der Waals surface area (Å²) in [7, 11) is 3.13. The standard InChI is InChI=1S/C22H24N2O8/c1-24(2)16-11-6-9-5-10-8(7-25)3-4-12(26)14(10)17(27)13(9)19(29)22(11,32)20(30)15(18(16)28)21(23)31/h3-4,9,11,16,25-26,28-29,32H,5-7H2,1-2H3,(H2,23,31)/t9-,11-,16-,22-/m0/s1. The molecule has 0 saturated carbocycles. The number of phenols is 1. The summed E-state index contributed by atoms with van der Waals surface area (Å²) >= 11 is 0. The van der Waals surface area contributed by atoms with E-state index in [4.69, 9.17) is 5.73 Å². The first kappa shape index (κ1) is 22.0. The van der Waals surface area contributed by atoms with E-state index in [0.717, 1.165) is 0 Å². The van der Waals surface area contributed by atoms with Crippen molar-refractivity contribution in [1.29, 1.82) is 0 Å². The van der Waals surface area contributed by atoms with Crippen molar-refractivity contribution >= 4 is 17.5 Å². The number of hydrogen-bond acceptors (Lipinski definition) is 9. The molecule has 0 bridgehead atoms. The number of hydrogen-bond donors (Lipinski definition) is 6. The molecule has 3 aliphatic carbocycles. The lowest BCUT2D eigenvalue weighted by atomic mass is 9.58. The molecule has 1 amide bonds. The Morgan fingerprint density at radius 2 is 1.88 bits per heavy atom. The minimum absolute atomic E-state index is 0.00624. The van der Waals surface area contributed by atoms with Crippen LogP contribution < -0.4 is 5.73 Å². The number of carbonyl (C=O) groups is 3. The number of nitrogens with two attached hydrogens (primary N) is 1. The van der Waals surface area contributed by atoms with Gasteiger partial charge in [-0.25, -0.2) is 0 Å². The molecule has 7 N–H and O–H groups in total. The maximum Gasteiger partial charge on any atom is 0.255 e. The number of likely N-dealkylation sites (N-methyl/N-ethyl adjacent to an activating group) is 1. The molecule has 0 fully saturated rings. The summed E-state index contributed by atoms with van der Waals surface area (Å²) in [5.41, 5.74) is 2.30. The van der Waals surface area contributed by atoms with Crippen LogP contribution in [0.25, 0.3) is 0 Å². The number of rotatable bonds is 3. The number of phenolic OH excluding ortho intramolecular Hbond substituents is 1. The van der Waals surface area contributed by atoms with E-state index in [2.05, 4.69) is 0 Å². The first-order chi connectivity index (χ1) is 15.0. The summed E-state index contributed by atoms with van der Waals surface area (Å²) in [6.45, 7) is -0.370. The normalized spacial score (nSPS) is 29.7. The number of primary amides is 1. The number of nitrogens with zero attached hydrogens (tertiary/aromatic N) is 1. The van der Waals surface area contributed by atoms with Crippen LogP contribution in [-0.2, 0) is 22.6 Å². The minimum Gasteiger partial charge on any atom is -0.510 e. The highest BCUT2D eigenvalue weighted by atomic mass is 16.3. The van der Waals surface area contributed by atoms with Crippen LogP contribution in [-0.4, -0.2) is 73.6 Å². The predicted octanol–water partition coefficient (Wildman–Crippen LogP) is -0.387. The van der Waals surface area contributed by atoms with Crippen molar-refractivity contribution in [2.75, 3.05) is 14.1 Å². The van der Waals surface area contributed by atoms with Crippen molar-refractivity contribution in [1.82, 2.24) is 4.90 Å². The minimum atomic E-state index is -2.66. The lowest BCUT2D eigenvalue weighted by molar-refractivity contribution is -0.148. The van der Waals surface area contributed by atoms with Crippen molar-refractivity contribution in [3.05, 3.63) is 51.5 Å². The Morgan fingerprint density at radius 3 is 2.44 bits per heavy atom. The van der Waals surface area contributed by atoms with E-state index in [1.54, 1.807) is 14.1 Å². The number of aliphatic hydroxyl groups is 4. The van der Waals surface area contributed by atoms with Crippen molar-refractivity contribution in [3.63, 3.8) is 0 Å². The smallest absolute Gasteiger partial charge is 0.255 e. The van der Waals surface area contributed by atoms with Gasteiger partial charge in [-0.05, 0) is 50.0 Å². The molecule has 4 atom stereocenters. The second-order valence-electron chi connectivity index (χ2n) is 8.72. The molecule has 10 nitrogen and oxygen atoms in total. The zero-order valence-electron chi connectivity index (χ0n) is 17.5. The van der Waals surface area contributed by atoms with E-state index in [1.165, 1.54) is 17.0 Å². The Balaban J connectivity index is 1.98. The number of Topliss-reactive ketones (excluding diaryl/α,β-unsaturated/α-hetero) is 2. The van der Waals surface area contributed by atoms with Crippen LogP contribution in [0.3, 0.4) is 0 Å². The van der Waals surface area contributed by atoms with Crippen molar-refractivity contribution < 1.29 is 39.9 Å². The summed E-state index contributed by atoms with van der Waals surface area (Å²) in [4.78, 5) is 39.9. The molecule has 0 heterocycles. The van der Waals surface area contributed by atoms with E-state index >= 15 is 0 Å². The van der Waals surface area contributed by atoms with Crippen molar-refractivity contribution in [3.8, 4) is 5.75 Å². The SMILES string of the molecule is CN(C)[C@@H]1C(O)=C(C(N)=O)C(=O)[C@@]2(O)C(O)=C3C(=O)c4c(O)ccc(CO)c4C[C@H]3C[C@@H]12. The molecule has 0 saturated heterocycles. The van der Waals surface area contributed by atoms with Gasteiger partial charge < -0.3 is 31.3 Å². The van der Waals surface area contributed by atoms with Gasteiger partial charge in [0.05, 0.1) is 18.2 Å². The Kier molecular flexibility index (Phi) is 4.92. The maximum atomic E-state index is 13.3. The van der Waals surface area contributed by atoms with Gasteiger partial charge in [-0.1, -0.05) is 6.07 Å². The van der Waals surface area contributed by atoms with E-state index < -0.39 is 58.0 Å². The lowest BCUT2D eigenvalue weighted by Gasteiger charge is -2.50. The number of fused-ring (bicyclic) bond motifs is 3. The number of aromatic hydroxyl groups is 1. The predicted molar refractivity (Wildman–Crippen MR) is 110 cm³/mol. The molecule has 1 aromatic carbocycles. The summed E-state index contributed by atoms with van der Waals surface area (Å²) in [5.74, 6) is -6.94. The summed E-state index contributed by atoms with van der Waals surface area (Å²) in [6, 6.07) is 1.71. The van der Waals surface area contributed by atoms with Crippen molar-refractivity contribution in [2.45, 2.75) is 31.1 Å². The lowest BCUT2D eigenvalue weighted by Crippen LogP contribution is -2.63. The molecular weight excluding hydrogens is 420 g/mol. The van der Waals surface area contributed by atoms with Gasteiger partial charge >= 0.3 is 0 Å². The Hall–Kier alpha value is -3.21. The van der Waals surface area contributed by atoms with Gasteiger partial charge in [0, 0.05) is 11.5 Å². The zero-order chi connectivity index (χ0) is 23.7. The van der Waals surface area contributed by atoms with E-state index in [9.17, 15) is 39.9 Å². The van der Waals surface area contributed by atoms with Gasteiger partial charge in [0.25, 0.3) is 5.91 Å². The molecule has 0 aliphatic heterocycles. The van der Waals surface area contributed by atoms with E-state index in [0.29, 0.717) is 11.1 Å². The topological polar surface area (TPSA) is 182 Å². The number of aliphatic hydroxyl groups excluding tert-OH is 3. The van der Waals surface area contributed by atoms with Gasteiger partial charge in [0.1, 0.15) is 22.8 Å². The fourth-order valence-electron chi connectivity index (χ4n) is 5.46. The number of carbonyl (C=O) groups excluding carboxylic acids is 3. The molecule has 0 spiro atoms. The fourth-order valence-corrected chi connectivity index (χ4v) is 5.46. The highest BCUT2D eigenvalue weighted by Crippen LogP contribution is 2.52. The van der Waals surface area contributed by atoms with Crippen LogP contribution in [0.4, 0.5) is 0 Å². The van der Waals surface area contributed by atoms with E-state index in [1.807, 2.05) is 0 Å². The summed E-state index contributed by atoms with van der Waals surface area (Å²) in [6.07, 6.45) is 0.158. The van der Waals surface area contributed by atoms with Crippen LogP contribution in [0.2, 0.25) is 0 Å². The highest BCUT2D eigenvalue weighted by molar-refractivity contribution is 6.24. The second-order valence-corrected chi connectivity index (χ2v) is 8.72. The molecular formula is C22H24N2O8. The van der Waals surface area contributed by atoms with Gasteiger partial charge in [-0.3, -0.25) is 19.3 Å². The van der Waals surface area contributed by atoms with Crippen LogP contribution in [0.15, 0.2) is 34.8 Å². The van der Waals surface area contributed by atoms with Gasteiger partial charge in [-0.2, -0.15) is 0 Å². The van der Waals surface area contributed by atoms with Crippen LogP contribution in [0, 0.1) is 11.8 Å². The van der Waals surface area contributed by atoms with Gasteiger partial charge in [0.2, 0.25) is 5.78 Å². The van der Waals surface area contributed by atoms with E-state index in [-0.39, 0.29) is 36.3 Å². The quantitative estimate of drug-likeness (QED) is 0.338. The molecule has 170 valence electrons. The monoisotopic (exact) mass is 444 g/mol. The van der Waals surface area contributed by atoms with Gasteiger partial charge in [-0.15, -0.1) is 0 Å². The fraction of sp³-hybridized carbons (Fsp3) is 0.409. The molecule has 4 rings (SSSR count). The average molecular weight is 444 g/mol. The maximum absolute atomic E-state index is 13.3. The average Bonchev–Trinajstić information content (AvgIpc) is 2.70. The van der Waals surface area contributed by atoms with Crippen LogP contribution in [0.1, 0.15) is 27.9 Å². The summed E-state index contributed by atoms with van der Waals surface area (Å²) < 4.78 is 0. The first-order valence-corrected chi connectivity index (χ1v) is 10.1.